The summed E-state index contributed by atoms with van der Waals surface area (Å²) in [6.45, 7) is 0.0223. The largest absolute Gasteiger partial charge is 0.454 e. The quantitative estimate of drug-likeness (QED) is 0.686. The zero-order valence-corrected chi connectivity index (χ0v) is 12.0. The van der Waals surface area contributed by atoms with E-state index in [9.17, 15) is 18.0 Å². The molecule has 0 saturated heterocycles. The van der Waals surface area contributed by atoms with Gasteiger partial charge in [-0.15, -0.1) is 0 Å². The van der Waals surface area contributed by atoms with Crippen molar-refractivity contribution in [3.63, 3.8) is 0 Å². The van der Waals surface area contributed by atoms with Crippen molar-refractivity contribution < 1.29 is 22.6 Å². The molecule has 1 aliphatic heterocycles. The molecule has 5 nitrogen and oxygen atoms in total. The minimum atomic E-state index is -4.60. The fourth-order valence-corrected chi connectivity index (χ4v) is 2.66. The van der Waals surface area contributed by atoms with E-state index in [4.69, 9.17) is 9.47 Å². The molecule has 0 spiro atoms. The number of benzene rings is 2. The summed E-state index contributed by atoms with van der Waals surface area (Å²) in [5, 5.41) is 4.50. The van der Waals surface area contributed by atoms with E-state index in [0.717, 1.165) is 10.7 Å². The van der Waals surface area contributed by atoms with Crippen LogP contribution in [-0.2, 0) is 6.18 Å². The first-order valence-electron chi connectivity index (χ1n) is 6.94. The van der Waals surface area contributed by atoms with E-state index in [1.54, 1.807) is 6.07 Å². The van der Waals surface area contributed by atoms with E-state index in [-0.39, 0.29) is 17.9 Å². The third kappa shape index (κ3) is 2.10. The molecule has 1 aliphatic rings. The Balaban J connectivity index is 1.99. The minimum absolute atomic E-state index is 0.0223. The lowest BCUT2D eigenvalue weighted by Gasteiger charge is -2.14. The fraction of sp³-hybridized carbons (Fsp3) is 0.125. The Hall–Kier alpha value is -3.03. The first kappa shape index (κ1) is 14.6. The van der Waals surface area contributed by atoms with E-state index in [1.807, 2.05) is 0 Å². The molecular formula is C16H9F3N2O3. The van der Waals surface area contributed by atoms with E-state index in [1.165, 1.54) is 30.5 Å². The Morgan fingerprint density at radius 3 is 2.62 bits per heavy atom. The van der Waals surface area contributed by atoms with Crippen molar-refractivity contribution in [2.45, 2.75) is 6.18 Å². The summed E-state index contributed by atoms with van der Waals surface area (Å²) < 4.78 is 50.8. The zero-order chi connectivity index (χ0) is 16.9. The Morgan fingerprint density at radius 1 is 1.04 bits per heavy atom. The molecule has 4 rings (SSSR count). The van der Waals surface area contributed by atoms with Crippen molar-refractivity contribution in [2.75, 3.05) is 6.79 Å². The van der Waals surface area contributed by atoms with Gasteiger partial charge in [-0.1, -0.05) is 12.1 Å². The highest BCUT2D eigenvalue weighted by atomic mass is 19.4. The SMILES string of the molecule is O=c1c2ccc3c(c2cnn1-c1ccccc1C(F)(F)F)OCO3. The zero-order valence-electron chi connectivity index (χ0n) is 12.0. The van der Waals surface area contributed by atoms with Crippen molar-refractivity contribution in [2.24, 2.45) is 0 Å². The molecule has 2 aromatic carbocycles. The molecular weight excluding hydrogens is 325 g/mol. The molecule has 0 atom stereocenters. The molecule has 3 aromatic rings. The van der Waals surface area contributed by atoms with E-state index in [0.29, 0.717) is 16.9 Å². The average Bonchev–Trinajstić information content (AvgIpc) is 3.03. The first-order chi connectivity index (χ1) is 11.5. The van der Waals surface area contributed by atoms with Crippen LogP contribution in [0.3, 0.4) is 0 Å². The van der Waals surface area contributed by atoms with Crippen molar-refractivity contribution in [1.82, 2.24) is 9.78 Å². The summed E-state index contributed by atoms with van der Waals surface area (Å²) in [6.07, 6.45) is -3.29. The second-order valence-electron chi connectivity index (χ2n) is 5.14. The lowest BCUT2D eigenvalue weighted by molar-refractivity contribution is -0.137. The molecule has 1 aromatic heterocycles. The molecule has 0 aliphatic carbocycles. The van der Waals surface area contributed by atoms with Gasteiger partial charge < -0.3 is 9.47 Å². The molecule has 0 amide bonds. The Kier molecular flexibility index (Phi) is 3.02. The predicted molar refractivity (Wildman–Crippen MR) is 78.5 cm³/mol. The topological polar surface area (TPSA) is 53.4 Å². The first-order valence-corrected chi connectivity index (χ1v) is 6.94. The van der Waals surface area contributed by atoms with Gasteiger partial charge in [-0.25, -0.2) is 0 Å². The van der Waals surface area contributed by atoms with Crippen LogP contribution in [0.25, 0.3) is 16.5 Å². The third-order valence-corrected chi connectivity index (χ3v) is 3.74. The molecule has 2 heterocycles. The van der Waals surface area contributed by atoms with Gasteiger partial charge >= 0.3 is 6.18 Å². The summed E-state index contributed by atoms with van der Waals surface area (Å²) in [5.74, 6) is 0.838. The van der Waals surface area contributed by atoms with Crippen molar-refractivity contribution in [3.8, 4) is 17.2 Å². The molecule has 0 saturated carbocycles. The number of ether oxygens (including phenoxy) is 2. The number of hydrogen-bond donors (Lipinski definition) is 0. The average molecular weight is 334 g/mol. The number of rotatable bonds is 1. The van der Waals surface area contributed by atoms with Crippen LogP contribution in [0.1, 0.15) is 5.56 Å². The van der Waals surface area contributed by atoms with E-state index < -0.39 is 17.3 Å². The molecule has 0 bridgehead atoms. The van der Waals surface area contributed by atoms with Crippen molar-refractivity contribution in [3.05, 3.63) is 58.5 Å². The number of nitrogens with zero attached hydrogens (tertiary/aromatic N) is 2. The number of alkyl halides is 3. The normalized spacial score (nSPS) is 13.5. The van der Waals surface area contributed by atoms with Crippen LogP contribution in [0.2, 0.25) is 0 Å². The van der Waals surface area contributed by atoms with Crippen LogP contribution in [0.5, 0.6) is 11.5 Å². The second kappa shape index (κ2) is 4.98. The summed E-state index contributed by atoms with van der Waals surface area (Å²) in [5.41, 5.74) is -1.92. The van der Waals surface area contributed by atoms with Crippen LogP contribution in [0.4, 0.5) is 13.2 Å². The molecule has 0 unspecified atom stereocenters. The summed E-state index contributed by atoms with van der Waals surface area (Å²) in [4.78, 5) is 12.6. The van der Waals surface area contributed by atoms with Gasteiger partial charge in [-0.05, 0) is 24.3 Å². The highest BCUT2D eigenvalue weighted by molar-refractivity contribution is 5.89. The van der Waals surface area contributed by atoms with Crippen LogP contribution in [-0.4, -0.2) is 16.6 Å². The third-order valence-electron chi connectivity index (χ3n) is 3.74. The number of fused-ring (bicyclic) bond motifs is 3. The maximum absolute atomic E-state index is 13.2. The van der Waals surface area contributed by atoms with Crippen LogP contribution in [0.15, 0.2) is 47.4 Å². The van der Waals surface area contributed by atoms with Gasteiger partial charge in [0.15, 0.2) is 11.5 Å². The number of para-hydroxylation sites is 1. The number of hydrogen-bond acceptors (Lipinski definition) is 4. The number of halogens is 3. The smallest absolute Gasteiger partial charge is 0.418 e. The monoisotopic (exact) mass is 334 g/mol. The fourth-order valence-electron chi connectivity index (χ4n) is 2.66. The Bertz CT molecular complexity index is 1010. The molecule has 0 fully saturated rings. The van der Waals surface area contributed by atoms with Gasteiger partial charge in [-0.2, -0.15) is 23.0 Å². The molecule has 8 heteroatoms. The van der Waals surface area contributed by atoms with E-state index >= 15 is 0 Å². The Labute approximate surface area is 132 Å². The van der Waals surface area contributed by atoms with E-state index in [2.05, 4.69) is 5.10 Å². The van der Waals surface area contributed by atoms with Gasteiger partial charge in [0.2, 0.25) is 6.79 Å². The lowest BCUT2D eigenvalue weighted by atomic mass is 10.1. The van der Waals surface area contributed by atoms with Crippen molar-refractivity contribution >= 4 is 10.8 Å². The van der Waals surface area contributed by atoms with Crippen LogP contribution >= 0.6 is 0 Å². The summed E-state index contributed by atoms with van der Waals surface area (Å²) in [7, 11) is 0. The molecule has 0 N–H and O–H groups in total. The number of aromatic nitrogens is 2. The second-order valence-corrected chi connectivity index (χ2v) is 5.14. The maximum atomic E-state index is 13.2. The standard InChI is InChI=1S/C16H9F3N2O3/c17-16(18,19)11-3-1-2-4-12(11)21-15(22)9-5-6-13-14(24-8-23-13)10(9)7-20-21/h1-7H,8H2. The van der Waals surface area contributed by atoms with Gasteiger partial charge in [-0.3, -0.25) is 4.79 Å². The Morgan fingerprint density at radius 2 is 1.83 bits per heavy atom. The minimum Gasteiger partial charge on any atom is -0.454 e. The van der Waals surface area contributed by atoms with Gasteiger partial charge in [0, 0.05) is 0 Å². The highest BCUT2D eigenvalue weighted by Crippen LogP contribution is 2.38. The van der Waals surface area contributed by atoms with Crippen LogP contribution in [0, 0.1) is 0 Å². The lowest BCUT2D eigenvalue weighted by Crippen LogP contribution is -2.24. The van der Waals surface area contributed by atoms with Crippen LogP contribution < -0.4 is 15.0 Å². The van der Waals surface area contributed by atoms with Crippen molar-refractivity contribution in [1.29, 1.82) is 0 Å². The van der Waals surface area contributed by atoms with Gasteiger partial charge in [0.1, 0.15) is 0 Å². The summed E-state index contributed by atoms with van der Waals surface area (Å²) >= 11 is 0. The molecule has 0 radical (unpaired) electrons. The maximum Gasteiger partial charge on any atom is 0.418 e. The van der Waals surface area contributed by atoms with Gasteiger partial charge in [0.05, 0.1) is 28.2 Å². The highest BCUT2D eigenvalue weighted by Gasteiger charge is 2.34. The predicted octanol–water partition coefficient (Wildman–Crippen LogP) is 3.13. The molecule has 24 heavy (non-hydrogen) atoms. The summed E-state index contributed by atoms with van der Waals surface area (Å²) in [6, 6.07) is 7.83. The molecule has 122 valence electrons. The van der Waals surface area contributed by atoms with Gasteiger partial charge in [0.25, 0.3) is 5.56 Å².